The van der Waals surface area contributed by atoms with Crippen molar-refractivity contribution in [3.63, 3.8) is 0 Å². The molecule has 0 aromatic rings. The second-order valence-electron chi connectivity index (χ2n) is 5.08. The van der Waals surface area contributed by atoms with Crippen molar-refractivity contribution in [2.24, 2.45) is 11.8 Å². The number of carbonyl (C=O) groups is 7. The molecule has 1 rings (SSSR count). The van der Waals surface area contributed by atoms with Crippen molar-refractivity contribution in [2.75, 3.05) is 6.61 Å². The minimum Gasteiger partial charge on any atom is -0.461 e. The normalized spacial score (nSPS) is 19.1. The molecule has 0 aromatic carbocycles. The summed E-state index contributed by atoms with van der Waals surface area (Å²) in [5.41, 5.74) is 0. The van der Waals surface area contributed by atoms with Gasteiger partial charge in [0, 0.05) is 0 Å². The van der Waals surface area contributed by atoms with Gasteiger partial charge in [0.15, 0.2) is 29.2 Å². The Morgan fingerprint density at radius 3 is 1.76 bits per heavy atom. The third kappa shape index (κ3) is 6.98. The predicted octanol–water partition coefficient (Wildman–Crippen LogP) is -0.256. The standard InChI is InChI=1S/C9H8O6.C7H10O3/c1-3(10)5-7(12)6(4(2)11)9(14)15-8(5)13;1-3-4-10-7(9)5-6(2)8/h5-6H,1-2H3;3H,1,4-5H2,2H3. The van der Waals surface area contributed by atoms with Gasteiger partial charge in [0.2, 0.25) is 0 Å². The summed E-state index contributed by atoms with van der Waals surface area (Å²) in [6, 6.07) is 0. The van der Waals surface area contributed by atoms with Gasteiger partial charge in [-0.1, -0.05) is 12.7 Å². The summed E-state index contributed by atoms with van der Waals surface area (Å²) in [5.74, 6) is -8.82. The molecule has 2 unspecified atom stereocenters. The Morgan fingerprint density at radius 2 is 1.44 bits per heavy atom. The molecule has 1 fully saturated rings. The lowest BCUT2D eigenvalue weighted by molar-refractivity contribution is -0.175. The van der Waals surface area contributed by atoms with E-state index in [2.05, 4.69) is 16.1 Å². The summed E-state index contributed by atoms with van der Waals surface area (Å²) in [7, 11) is 0. The van der Waals surface area contributed by atoms with Crippen molar-refractivity contribution in [1.82, 2.24) is 0 Å². The predicted molar refractivity (Wildman–Crippen MR) is 80.9 cm³/mol. The molecule has 2 atom stereocenters. The van der Waals surface area contributed by atoms with E-state index in [-0.39, 0.29) is 18.8 Å². The molecule has 1 saturated heterocycles. The van der Waals surface area contributed by atoms with Crippen LogP contribution in [0, 0.1) is 11.8 Å². The first kappa shape index (κ1) is 22.0. The molecule has 0 spiro atoms. The molecule has 9 heteroatoms. The van der Waals surface area contributed by atoms with E-state index in [1.54, 1.807) is 0 Å². The Labute approximate surface area is 143 Å². The Hall–Kier alpha value is -2.97. The van der Waals surface area contributed by atoms with Gasteiger partial charge in [-0.05, 0) is 20.8 Å². The smallest absolute Gasteiger partial charge is 0.331 e. The number of hydrogen-bond acceptors (Lipinski definition) is 9. The number of ether oxygens (including phenoxy) is 2. The van der Waals surface area contributed by atoms with E-state index in [0.717, 1.165) is 13.8 Å². The first-order valence-electron chi connectivity index (χ1n) is 7.09. The summed E-state index contributed by atoms with van der Waals surface area (Å²) < 4.78 is 8.69. The quantitative estimate of drug-likeness (QED) is 0.359. The SMILES string of the molecule is C=CCOC(=O)CC(C)=O.CC(=O)C1C(=O)OC(=O)C(C(C)=O)C1=O. The molecule has 25 heavy (non-hydrogen) atoms. The molecule has 1 heterocycles. The van der Waals surface area contributed by atoms with E-state index in [0.29, 0.717) is 0 Å². The Morgan fingerprint density at radius 1 is 1.00 bits per heavy atom. The monoisotopic (exact) mass is 354 g/mol. The lowest BCUT2D eigenvalue weighted by atomic mass is 9.86. The van der Waals surface area contributed by atoms with Crippen LogP contribution in [0.4, 0.5) is 0 Å². The second-order valence-corrected chi connectivity index (χ2v) is 5.08. The average molecular weight is 354 g/mol. The van der Waals surface area contributed by atoms with Crippen LogP contribution in [0.3, 0.4) is 0 Å². The highest BCUT2D eigenvalue weighted by atomic mass is 16.6. The van der Waals surface area contributed by atoms with Gasteiger partial charge >= 0.3 is 17.9 Å². The summed E-state index contributed by atoms with van der Waals surface area (Å²) in [5, 5.41) is 0. The fourth-order valence-electron chi connectivity index (χ4n) is 1.75. The summed E-state index contributed by atoms with van der Waals surface area (Å²) in [6.45, 7) is 6.91. The molecule has 9 nitrogen and oxygen atoms in total. The average Bonchev–Trinajstić information content (AvgIpc) is 2.43. The van der Waals surface area contributed by atoms with Crippen molar-refractivity contribution in [3.05, 3.63) is 12.7 Å². The number of esters is 3. The fourth-order valence-corrected chi connectivity index (χ4v) is 1.75. The minimum atomic E-state index is -1.64. The van der Waals surface area contributed by atoms with Crippen LogP contribution >= 0.6 is 0 Å². The highest BCUT2D eigenvalue weighted by molar-refractivity contribution is 6.31. The van der Waals surface area contributed by atoms with Crippen LogP contribution < -0.4 is 0 Å². The molecular weight excluding hydrogens is 336 g/mol. The van der Waals surface area contributed by atoms with Gasteiger partial charge in [0.1, 0.15) is 18.8 Å². The number of carbonyl (C=O) groups excluding carboxylic acids is 7. The lowest BCUT2D eigenvalue weighted by Gasteiger charge is -2.21. The van der Waals surface area contributed by atoms with Crippen LogP contribution in [0.1, 0.15) is 27.2 Å². The molecule has 0 aromatic heterocycles. The summed E-state index contributed by atoms with van der Waals surface area (Å²) in [6.07, 6.45) is 1.31. The first-order valence-corrected chi connectivity index (χ1v) is 7.09. The van der Waals surface area contributed by atoms with Gasteiger partial charge in [-0.2, -0.15) is 0 Å². The van der Waals surface area contributed by atoms with Crippen LogP contribution in [-0.4, -0.2) is 47.6 Å². The van der Waals surface area contributed by atoms with Crippen LogP contribution in [0.15, 0.2) is 12.7 Å². The van der Waals surface area contributed by atoms with Gasteiger partial charge in [-0.3, -0.25) is 33.6 Å². The van der Waals surface area contributed by atoms with Crippen molar-refractivity contribution < 1.29 is 43.0 Å². The third-order valence-electron chi connectivity index (χ3n) is 2.81. The van der Waals surface area contributed by atoms with Gasteiger partial charge in [0.25, 0.3) is 0 Å². The fraction of sp³-hybridized carbons (Fsp3) is 0.438. The van der Waals surface area contributed by atoms with Crippen molar-refractivity contribution in [2.45, 2.75) is 27.2 Å². The van der Waals surface area contributed by atoms with Crippen LogP contribution in [0.2, 0.25) is 0 Å². The molecular formula is C16H18O9. The number of hydrogen-bond donors (Lipinski definition) is 0. The molecule has 0 aliphatic carbocycles. The first-order chi connectivity index (χ1) is 11.5. The van der Waals surface area contributed by atoms with Gasteiger partial charge < -0.3 is 9.47 Å². The molecule has 136 valence electrons. The number of Topliss-reactive ketones (excluding diaryl/α,β-unsaturated/α-hetero) is 4. The molecule has 1 aliphatic heterocycles. The summed E-state index contributed by atoms with van der Waals surface area (Å²) in [4.78, 5) is 76.2. The summed E-state index contributed by atoms with van der Waals surface area (Å²) >= 11 is 0. The maximum atomic E-state index is 11.5. The van der Waals surface area contributed by atoms with Crippen molar-refractivity contribution >= 4 is 41.0 Å². The molecule has 0 radical (unpaired) electrons. The van der Waals surface area contributed by atoms with E-state index in [1.165, 1.54) is 13.0 Å². The van der Waals surface area contributed by atoms with Crippen LogP contribution in [-0.2, 0) is 43.0 Å². The third-order valence-corrected chi connectivity index (χ3v) is 2.81. The van der Waals surface area contributed by atoms with E-state index < -0.39 is 47.1 Å². The number of ketones is 4. The Balaban J connectivity index is 0.000000504. The van der Waals surface area contributed by atoms with Crippen LogP contribution in [0.25, 0.3) is 0 Å². The zero-order valence-corrected chi connectivity index (χ0v) is 14.0. The minimum absolute atomic E-state index is 0.145. The van der Waals surface area contributed by atoms with Crippen molar-refractivity contribution in [1.29, 1.82) is 0 Å². The van der Waals surface area contributed by atoms with Crippen LogP contribution in [0.5, 0.6) is 0 Å². The maximum Gasteiger partial charge on any atom is 0.331 e. The van der Waals surface area contributed by atoms with E-state index >= 15 is 0 Å². The largest absolute Gasteiger partial charge is 0.461 e. The zero-order valence-electron chi connectivity index (χ0n) is 14.0. The number of cyclic esters (lactones) is 2. The molecule has 0 saturated carbocycles. The highest BCUT2D eigenvalue weighted by Crippen LogP contribution is 2.20. The Kier molecular flexibility index (Phi) is 8.82. The van der Waals surface area contributed by atoms with Crippen molar-refractivity contribution in [3.8, 4) is 0 Å². The van der Waals surface area contributed by atoms with Gasteiger partial charge in [0.05, 0.1) is 0 Å². The highest BCUT2D eigenvalue weighted by Gasteiger charge is 2.49. The van der Waals surface area contributed by atoms with E-state index in [1.807, 2.05) is 0 Å². The lowest BCUT2D eigenvalue weighted by Crippen LogP contribution is -2.48. The van der Waals surface area contributed by atoms with E-state index in [4.69, 9.17) is 0 Å². The topological polar surface area (TPSA) is 138 Å². The second kappa shape index (κ2) is 10.0. The zero-order chi connectivity index (χ0) is 19.7. The van der Waals surface area contributed by atoms with E-state index in [9.17, 15) is 33.6 Å². The maximum absolute atomic E-state index is 11.5. The molecule has 0 amide bonds. The van der Waals surface area contributed by atoms with Gasteiger partial charge in [-0.25, -0.2) is 0 Å². The van der Waals surface area contributed by atoms with Gasteiger partial charge in [-0.15, -0.1) is 0 Å². The molecule has 1 aliphatic rings. The molecule has 0 N–H and O–H groups in total. The molecule has 0 bridgehead atoms. The Bertz CT molecular complexity index is 596. The number of rotatable bonds is 6.